The van der Waals surface area contributed by atoms with Crippen LogP contribution in [-0.4, -0.2) is 25.8 Å². The molecule has 2 N–H and O–H groups in total. The lowest BCUT2D eigenvalue weighted by Crippen LogP contribution is -2.54. The van der Waals surface area contributed by atoms with E-state index in [-0.39, 0.29) is 24.5 Å². The number of nitrogens with two attached hydrogens (primary N) is 1. The molecule has 1 saturated heterocycles. The molecule has 0 aliphatic carbocycles. The van der Waals surface area contributed by atoms with E-state index >= 15 is 0 Å². The Morgan fingerprint density at radius 2 is 2.11 bits per heavy atom. The van der Waals surface area contributed by atoms with Gasteiger partial charge in [-0.25, -0.2) is 0 Å². The third kappa shape index (κ3) is 2.78. The van der Waals surface area contributed by atoms with Crippen molar-refractivity contribution in [3.05, 3.63) is 48.0 Å². The monoisotopic (exact) mass is 247 g/mol. The second kappa shape index (κ2) is 5.33. The first-order valence-corrected chi connectivity index (χ1v) is 5.87. The van der Waals surface area contributed by atoms with Crippen LogP contribution in [0.2, 0.25) is 0 Å². The Bertz CT molecular complexity index is 435. The number of rotatable bonds is 5. The Morgan fingerprint density at radius 3 is 2.61 bits per heavy atom. The first-order valence-electron chi connectivity index (χ1n) is 5.87. The van der Waals surface area contributed by atoms with Crippen molar-refractivity contribution in [2.24, 2.45) is 5.73 Å². The molecule has 1 aromatic carbocycles. The van der Waals surface area contributed by atoms with Crippen LogP contribution >= 0.6 is 0 Å². The van der Waals surface area contributed by atoms with Crippen LogP contribution in [0.1, 0.15) is 11.1 Å². The maximum Gasteiger partial charge on any atom is 0.310 e. The average molecular weight is 247 g/mol. The molecule has 4 nitrogen and oxygen atoms in total. The molecule has 0 atom stereocenters. The second-order valence-electron chi connectivity index (χ2n) is 4.49. The molecule has 1 fully saturated rings. The second-order valence-corrected chi connectivity index (χ2v) is 4.49. The van der Waals surface area contributed by atoms with Crippen molar-refractivity contribution >= 4 is 5.97 Å². The minimum atomic E-state index is -0.359. The average Bonchev–Trinajstić information content (AvgIpc) is 2.34. The van der Waals surface area contributed by atoms with Crippen LogP contribution < -0.4 is 5.73 Å². The molecule has 2 rings (SSSR count). The maximum absolute atomic E-state index is 11.4. The summed E-state index contributed by atoms with van der Waals surface area (Å²) in [5.41, 5.74) is 7.71. The molecule has 96 valence electrons. The summed E-state index contributed by atoms with van der Waals surface area (Å²) in [7, 11) is 0. The summed E-state index contributed by atoms with van der Waals surface area (Å²) < 4.78 is 10.0. The van der Waals surface area contributed by atoms with Gasteiger partial charge in [0.2, 0.25) is 0 Å². The molecular weight excluding hydrogens is 230 g/mol. The van der Waals surface area contributed by atoms with Gasteiger partial charge in [-0.2, -0.15) is 0 Å². The summed E-state index contributed by atoms with van der Waals surface area (Å²) in [6.07, 6.45) is 1.82. The molecule has 4 heteroatoms. The quantitative estimate of drug-likeness (QED) is 0.626. The Morgan fingerprint density at radius 1 is 1.44 bits per heavy atom. The Kier molecular flexibility index (Phi) is 3.79. The van der Waals surface area contributed by atoms with E-state index in [0.29, 0.717) is 13.2 Å². The first kappa shape index (κ1) is 12.8. The molecule has 0 bridgehead atoms. The van der Waals surface area contributed by atoms with Crippen molar-refractivity contribution in [3.63, 3.8) is 0 Å². The highest BCUT2D eigenvalue weighted by atomic mass is 16.5. The van der Waals surface area contributed by atoms with Crippen LogP contribution in [-0.2, 0) is 26.2 Å². The van der Waals surface area contributed by atoms with Crippen molar-refractivity contribution in [1.29, 1.82) is 0 Å². The number of carbonyl (C=O) groups is 1. The van der Waals surface area contributed by atoms with E-state index in [1.165, 1.54) is 0 Å². The molecule has 1 aliphatic heterocycles. The number of hydrogen-bond acceptors (Lipinski definition) is 4. The highest BCUT2D eigenvalue weighted by Crippen LogP contribution is 2.26. The van der Waals surface area contributed by atoms with Gasteiger partial charge in [0.05, 0.1) is 25.2 Å². The van der Waals surface area contributed by atoms with Gasteiger partial charge in [-0.15, -0.1) is 0 Å². The Hall–Kier alpha value is -1.65. The fourth-order valence-corrected chi connectivity index (χ4v) is 1.81. The van der Waals surface area contributed by atoms with Crippen molar-refractivity contribution in [2.75, 3.05) is 19.8 Å². The van der Waals surface area contributed by atoms with Gasteiger partial charge in [0, 0.05) is 0 Å². The van der Waals surface area contributed by atoms with E-state index < -0.39 is 0 Å². The van der Waals surface area contributed by atoms with Gasteiger partial charge in [0.15, 0.2) is 0 Å². The van der Waals surface area contributed by atoms with Gasteiger partial charge < -0.3 is 15.2 Å². The lowest BCUT2D eigenvalue weighted by atomic mass is 9.88. The summed E-state index contributed by atoms with van der Waals surface area (Å²) in [4.78, 5) is 11.4. The predicted molar refractivity (Wildman–Crippen MR) is 68.0 cm³/mol. The number of hydrogen-bond donors (Lipinski definition) is 1. The van der Waals surface area contributed by atoms with Crippen LogP contribution in [0.5, 0.6) is 0 Å². The summed E-state index contributed by atoms with van der Waals surface area (Å²) in [6, 6.07) is 7.69. The van der Waals surface area contributed by atoms with E-state index in [4.69, 9.17) is 15.2 Å². The lowest BCUT2D eigenvalue weighted by Gasteiger charge is -2.38. The smallest absolute Gasteiger partial charge is 0.310 e. The Labute approximate surface area is 106 Å². The van der Waals surface area contributed by atoms with E-state index in [0.717, 1.165) is 11.1 Å². The zero-order chi connectivity index (χ0) is 13.0. The van der Waals surface area contributed by atoms with Gasteiger partial charge in [0.25, 0.3) is 0 Å². The van der Waals surface area contributed by atoms with E-state index in [9.17, 15) is 4.79 Å². The maximum atomic E-state index is 11.4. The van der Waals surface area contributed by atoms with Crippen molar-refractivity contribution in [3.8, 4) is 0 Å². The van der Waals surface area contributed by atoms with E-state index in [2.05, 4.69) is 6.58 Å². The molecule has 0 spiro atoms. The van der Waals surface area contributed by atoms with Gasteiger partial charge in [-0.3, -0.25) is 4.79 Å². The van der Waals surface area contributed by atoms with Gasteiger partial charge in [-0.05, 0) is 11.1 Å². The zero-order valence-electron chi connectivity index (χ0n) is 10.2. The summed E-state index contributed by atoms with van der Waals surface area (Å²) in [5.74, 6) is -0.253. The standard InChI is InChI=1S/C14H17NO3/c1-2-7-18-13(16)8-11-3-5-12(6-4-11)14(15)9-17-10-14/h2-6H,1,7-10,15H2. The van der Waals surface area contributed by atoms with Crippen molar-refractivity contribution in [1.82, 2.24) is 0 Å². The van der Waals surface area contributed by atoms with Gasteiger partial charge >= 0.3 is 5.97 Å². The van der Waals surface area contributed by atoms with Crippen LogP contribution in [0.15, 0.2) is 36.9 Å². The minimum absolute atomic E-state index is 0.250. The normalized spacial score (nSPS) is 16.7. The van der Waals surface area contributed by atoms with Crippen LogP contribution in [0.25, 0.3) is 0 Å². The summed E-state index contributed by atoms with van der Waals surface area (Å²) in [5, 5.41) is 0. The third-order valence-corrected chi connectivity index (χ3v) is 2.96. The van der Waals surface area contributed by atoms with E-state index in [1.807, 2.05) is 24.3 Å². The van der Waals surface area contributed by atoms with Gasteiger partial charge in [-0.1, -0.05) is 36.9 Å². The fourth-order valence-electron chi connectivity index (χ4n) is 1.81. The molecule has 0 amide bonds. The fraction of sp³-hybridized carbons (Fsp3) is 0.357. The summed E-state index contributed by atoms with van der Waals surface area (Å²) in [6.45, 7) is 4.84. The number of carbonyl (C=O) groups excluding carboxylic acids is 1. The molecule has 18 heavy (non-hydrogen) atoms. The number of esters is 1. The van der Waals surface area contributed by atoms with Crippen LogP contribution in [0.3, 0.4) is 0 Å². The number of ether oxygens (including phenoxy) is 2. The van der Waals surface area contributed by atoms with Crippen molar-refractivity contribution < 1.29 is 14.3 Å². The molecule has 1 heterocycles. The molecule has 1 aromatic rings. The first-order chi connectivity index (χ1) is 8.64. The molecular formula is C14H17NO3. The highest BCUT2D eigenvalue weighted by Gasteiger charge is 2.35. The van der Waals surface area contributed by atoms with Crippen LogP contribution in [0, 0.1) is 0 Å². The number of benzene rings is 1. The predicted octanol–water partition coefficient (Wildman–Crippen LogP) is 1.14. The third-order valence-electron chi connectivity index (χ3n) is 2.96. The molecule has 0 aromatic heterocycles. The zero-order valence-corrected chi connectivity index (χ0v) is 10.2. The van der Waals surface area contributed by atoms with Crippen molar-refractivity contribution in [2.45, 2.75) is 12.0 Å². The van der Waals surface area contributed by atoms with Crippen LogP contribution in [0.4, 0.5) is 0 Å². The highest BCUT2D eigenvalue weighted by molar-refractivity contribution is 5.72. The van der Waals surface area contributed by atoms with E-state index in [1.54, 1.807) is 6.08 Å². The SMILES string of the molecule is C=CCOC(=O)Cc1ccc(C2(N)COC2)cc1. The molecule has 1 aliphatic rings. The summed E-state index contributed by atoms with van der Waals surface area (Å²) >= 11 is 0. The lowest BCUT2D eigenvalue weighted by molar-refractivity contribution is -0.141. The molecule has 0 saturated carbocycles. The topological polar surface area (TPSA) is 61.5 Å². The molecule has 0 unspecified atom stereocenters. The van der Waals surface area contributed by atoms with Gasteiger partial charge in [0.1, 0.15) is 6.61 Å². The minimum Gasteiger partial charge on any atom is -0.461 e. The molecule has 0 radical (unpaired) electrons. The largest absolute Gasteiger partial charge is 0.461 e. The Balaban J connectivity index is 1.95.